The number of halogens is 2. The van der Waals surface area contributed by atoms with Crippen molar-refractivity contribution in [3.8, 4) is 5.75 Å². The van der Waals surface area contributed by atoms with E-state index in [2.05, 4.69) is 5.32 Å². The lowest BCUT2D eigenvalue weighted by molar-refractivity contribution is 0.212. The zero-order valence-corrected chi connectivity index (χ0v) is 13.0. The van der Waals surface area contributed by atoms with Gasteiger partial charge in [0.2, 0.25) is 0 Å². The van der Waals surface area contributed by atoms with Crippen LogP contribution in [0.15, 0.2) is 42.5 Å². The van der Waals surface area contributed by atoms with Crippen LogP contribution in [0.5, 0.6) is 5.75 Å². The second-order valence-electron chi connectivity index (χ2n) is 4.89. The number of hydrogen-bond acceptors (Lipinski definition) is 2. The number of benzene rings is 2. The van der Waals surface area contributed by atoms with E-state index in [4.69, 9.17) is 4.74 Å². The average Bonchev–Trinajstić information content (AvgIpc) is 2.54. The van der Waals surface area contributed by atoms with Gasteiger partial charge in [0.05, 0.1) is 12.8 Å². The molecular weight excluding hydrogens is 302 g/mol. The molecule has 2 rings (SSSR count). The Morgan fingerprint density at radius 3 is 2.52 bits per heavy atom. The monoisotopic (exact) mass is 320 g/mol. The van der Waals surface area contributed by atoms with Crippen molar-refractivity contribution in [3.05, 3.63) is 59.7 Å². The van der Waals surface area contributed by atoms with Crippen LogP contribution in [0.4, 0.5) is 19.3 Å². The van der Waals surface area contributed by atoms with Crippen molar-refractivity contribution in [1.82, 2.24) is 4.90 Å². The number of hydrogen-bond donors (Lipinski definition) is 1. The molecule has 0 aliphatic carbocycles. The number of nitrogens with zero attached hydrogens (tertiary/aromatic N) is 1. The van der Waals surface area contributed by atoms with Crippen molar-refractivity contribution in [1.29, 1.82) is 0 Å². The highest BCUT2D eigenvalue weighted by Crippen LogP contribution is 2.19. The molecule has 2 amide bonds. The Labute approximate surface area is 133 Å². The lowest BCUT2D eigenvalue weighted by Crippen LogP contribution is -2.34. The topological polar surface area (TPSA) is 41.6 Å². The van der Waals surface area contributed by atoms with Crippen LogP contribution < -0.4 is 10.1 Å². The number of methoxy groups -OCH3 is 1. The third-order valence-corrected chi connectivity index (χ3v) is 3.37. The number of urea groups is 1. The molecule has 0 aliphatic rings. The number of para-hydroxylation sites is 1. The van der Waals surface area contributed by atoms with Gasteiger partial charge in [0.1, 0.15) is 5.82 Å². The van der Waals surface area contributed by atoms with Gasteiger partial charge in [-0.25, -0.2) is 13.6 Å². The summed E-state index contributed by atoms with van der Waals surface area (Å²) in [5.41, 5.74) is 0.727. The minimum atomic E-state index is -0.507. The van der Waals surface area contributed by atoms with Crippen molar-refractivity contribution >= 4 is 11.7 Å². The third kappa shape index (κ3) is 4.18. The maximum atomic E-state index is 13.7. The number of nitrogens with one attached hydrogen (secondary N) is 1. The van der Waals surface area contributed by atoms with Crippen LogP contribution in [-0.2, 0) is 6.54 Å². The Morgan fingerprint density at radius 1 is 1.17 bits per heavy atom. The summed E-state index contributed by atoms with van der Waals surface area (Å²) in [6.45, 7) is 2.40. The van der Waals surface area contributed by atoms with E-state index in [1.807, 2.05) is 0 Å². The first-order chi connectivity index (χ1) is 11.0. The summed E-state index contributed by atoms with van der Waals surface area (Å²) in [4.78, 5) is 13.7. The van der Waals surface area contributed by atoms with Crippen molar-refractivity contribution in [2.75, 3.05) is 19.0 Å². The quantitative estimate of drug-likeness (QED) is 0.904. The molecule has 0 radical (unpaired) electrons. The second kappa shape index (κ2) is 7.58. The predicted octanol–water partition coefficient (Wildman–Crippen LogP) is 4.03. The Bertz CT molecular complexity index is 692. The molecule has 0 heterocycles. The highest BCUT2D eigenvalue weighted by molar-refractivity contribution is 5.89. The van der Waals surface area contributed by atoms with E-state index >= 15 is 0 Å². The predicted molar refractivity (Wildman–Crippen MR) is 84.5 cm³/mol. The van der Waals surface area contributed by atoms with Crippen LogP contribution >= 0.6 is 0 Å². The van der Waals surface area contributed by atoms with E-state index in [-0.39, 0.29) is 18.0 Å². The standard InChI is InChI=1S/C17H18F2N2O2/c1-3-21(11-12-8-9-16(23-2)14(19)10-12)17(22)20-15-7-5-4-6-13(15)18/h4-10H,3,11H2,1-2H3,(H,20,22). The molecule has 2 aromatic rings. The molecule has 122 valence electrons. The van der Waals surface area contributed by atoms with Gasteiger partial charge in [-0.15, -0.1) is 0 Å². The molecule has 4 nitrogen and oxygen atoms in total. The van der Waals surface area contributed by atoms with Crippen LogP contribution in [0.1, 0.15) is 12.5 Å². The summed E-state index contributed by atoms with van der Waals surface area (Å²) in [7, 11) is 1.39. The normalized spacial score (nSPS) is 10.3. The summed E-state index contributed by atoms with van der Waals surface area (Å²) >= 11 is 0. The first kappa shape index (κ1) is 16.7. The zero-order chi connectivity index (χ0) is 16.8. The first-order valence-electron chi connectivity index (χ1n) is 7.18. The van der Waals surface area contributed by atoms with E-state index in [1.165, 1.54) is 36.3 Å². The number of carbonyl (C=O) groups excluding carboxylic acids is 1. The Hall–Kier alpha value is -2.63. The van der Waals surface area contributed by atoms with Crippen LogP contribution in [0, 0.1) is 11.6 Å². The number of ether oxygens (including phenoxy) is 1. The minimum absolute atomic E-state index is 0.108. The zero-order valence-electron chi connectivity index (χ0n) is 13.0. The fourth-order valence-corrected chi connectivity index (χ4v) is 2.11. The average molecular weight is 320 g/mol. The maximum Gasteiger partial charge on any atom is 0.322 e. The van der Waals surface area contributed by atoms with E-state index in [0.717, 1.165) is 0 Å². The molecule has 0 bridgehead atoms. The molecule has 23 heavy (non-hydrogen) atoms. The molecule has 2 aromatic carbocycles. The lowest BCUT2D eigenvalue weighted by Gasteiger charge is -2.22. The Kier molecular flexibility index (Phi) is 5.51. The number of carbonyl (C=O) groups is 1. The summed E-state index contributed by atoms with van der Waals surface area (Å²) in [6.07, 6.45) is 0. The van der Waals surface area contributed by atoms with Gasteiger partial charge in [-0.05, 0) is 36.8 Å². The minimum Gasteiger partial charge on any atom is -0.494 e. The fraction of sp³-hybridized carbons (Fsp3) is 0.235. The van der Waals surface area contributed by atoms with E-state index in [9.17, 15) is 13.6 Å². The van der Waals surface area contributed by atoms with Crippen molar-refractivity contribution < 1.29 is 18.3 Å². The largest absolute Gasteiger partial charge is 0.494 e. The molecular formula is C17H18F2N2O2. The van der Waals surface area contributed by atoms with Gasteiger partial charge in [0, 0.05) is 13.1 Å². The Morgan fingerprint density at radius 2 is 1.91 bits per heavy atom. The molecule has 0 saturated heterocycles. The molecule has 0 aliphatic heterocycles. The van der Waals surface area contributed by atoms with Gasteiger partial charge in [0.15, 0.2) is 11.6 Å². The lowest BCUT2D eigenvalue weighted by atomic mass is 10.2. The highest BCUT2D eigenvalue weighted by Gasteiger charge is 2.15. The molecule has 0 atom stereocenters. The van der Waals surface area contributed by atoms with Crippen molar-refractivity contribution in [2.45, 2.75) is 13.5 Å². The van der Waals surface area contributed by atoms with Crippen LogP contribution in [0.3, 0.4) is 0 Å². The van der Waals surface area contributed by atoms with Gasteiger partial charge in [-0.3, -0.25) is 0 Å². The van der Waals surface area contributed by atoms with Crippen LogP contribution in [-0.4, -0.2) is 24.6 Å². The van der Waals surface area contributed by atoms with Crippen LogP contribution in [0.25, 0.3) is 0 Å². The maximum absolute atomic E-state index is 13.7. The summed E-state index contributed by atoms with van der Waals surface area (Å²) in [6, 6.07) is 9.98. The van der Waals surface area contributed by atoms with E-state index in [0.29, 0.717) is 12.1 Å². The van der Waals surface area contributed by atoms with Gasteiger partial charge < -0.3 is 15.0 Å². The molecule has 0 spiro atoms. The van der Waals surface area contributed by atoms with E-state index in [1.54, 1.807) is 25.1 Å². The Balaban J connectivity index is 2.09. The number of rotatable bonds is 5. The van der Waals surface area contributed by atoms with Crippen molar-refractivity contribution in [2.24, 2.45) is 0 Å². The summed E-state index contributed by atoms with van der Waals surface area (Å²) < 4.78 is 32.2. The van der Waals surface area contributed by atoms with Gasteiger partial charge in [0.25, 0.3) is 0 Å². The molecule has 1 N–H and O–H groups in total. The molecule has 0 fully saturated rings. The number of anilines is 1. The molecule has 0 saturated carbocycles. The highest BCUT2D eigenvalue weighted by atomic mass is 19.1. The van der Waals surface area contributed by atoms with Crippen LogP contribution in [0.2, 0.25) is 0 Å². The van der Waals surface area contributed by atoms with Gasteiger partial charge >= 0.3 is 6.03 Å². The second-order valence-corrected chi connectivity index (χ2v) is 4.89. The SMILES string of the molecule is CCN(Cc1ccc(OC)c(F)c1)C(=O)Nc1ccccc1F. The fourth-order valence-electron chi connectivity index (χ4n) is 2.11. The smallest absolute Gasteiger partial charge is 0.322 e. The van der Waals surface area contributed by atoms with Crippen molar-refractivity contribution in [3.63, 3.8) is 0 Å². The molecule has 0 unspecified atom stereocenters. The van der Waals surface area contributed by atoms with Gasteiger partial charge in [-0.1, -0.05) is 18.2 Å². The summed E-state index contributed by atoms with van der Waals surface area (Å²) in [5.74, 6) is -0.851. The first-order valence-corrected chi connectivity index (χ1v) is 7.18. The third-order valence-electron chi connectivity index (χ3n) is 3.37. The molecule has 6 heteroatoms. The van der Waals surface area contributed by atoms with E-state index < -0.39 is 17.7 Å². The van der Waals surface area contributed by atoms with Gasteiger partial charge in [-0.2, -0.15) is 0 Å². The summed E-state index contributed by atoms with van der Waals surface area (Å²) in [5, 5.41) is 2.51. The number of amides is 2. The molecule has 0 aromatic heterocycles.